The van der Waals surface area contributed by atoms with Crippen molar-refractivity contribution < 1.29 is 19.2 Å². The Hall–Kier alpha value is -1.86. The summed E-state index contributed by atoms with van der Waals surface area (Å²) in [4.78, 5) is 21.8. The van der Waals surface area contributed by atoms with Crippen LogP contribution in [-0.4, -0.2) is 37.2 Å². The number of halogens is 1. The summed E-state index contributed by atoms with van der Waals surface area (Å²) < 4.78 is 10.1. The fourth-order valence-corrected chi connectivity index (χ4v) is 1.73. The first-order chi connectivity index (χ1) is 9.99. The molecule has 0 aliphatic carbocycles. The average Bonchev–Trinajstić information content (AvgIpc) is 2.47. The van der Waals surface area contributed by atoms with Gasteiger partial charge in [0, 0.05) is 6.07 Å². The number of benzene rings is 1. The van der Waals surface area contributed by atoms with E-state index in [4.69, 9.17) is 16.3 Å². The van der Waals surface area contributed by atoms with Gasteiger partial charge in [-0.05, 0) is 19.0 Å². The van der Waals surface area contributed by atoms with Crippen molar-refractivity contribution in [3.05, 3.63) is 33.3 Å². The van der Waals surface area contributed by atoms with E-state index in [9.17, 15) is 14.9 Å². The molecular formula is C13H17ClN2O5. The largest absolute Gasteiger partial charge is 0.490 e. The molecule has 1 N–H and O–H groups in total. The van der Waals surface area contributed by atoms with Crippen molar-refractivity contribution in [3.8, 4) is 5.75 Å². The van der Waals surface area contributed by atoms with Crippen LogP contribution in [0.3, 0.4) is 0 Å². The Morgan fingerprint density at radius 1 is 1.52 bits per heavy atom. The van der Waals surface area contributed by atoms with E-state index in [1.807, 2.05) is 6.92 Å². The number of hydrogen-bond donors (Lipinski definition) is 1. The molecule has 1 aromatic carbocycles. The molecule has 8 heteroatoms. The lowest BCUT2D eigenvalue weighted by molar-refractivity contribution is -0.384. The van der Waals surface area contributed by atoms with Gasteiger partial charge in [-0.25, -0.2) is 0 Å². The molecule has 0 amide bonds. The number of nitrogens with one attached hydrogen (secondary N) is 1. The molecule has 1 atom stereocenters. The van der Waals surface area contributed by atoms with E-state index in [0.717, 1.165) is 6.42 Å². The highest BCUT2D eigenvalue weighted by Crippen LogP contribution is 2.28. The minimum Gasteiger partial charge on any atom is -0.490 e. The van der Waals surface area contributed by atoms with Crippen molar-refractivity contribution in [3.63, 3.8) is 0 Å². The molecule has 0 heterocycles. The Bertz CT molecular complexity index is 509. The van der Waals surface area contributed by atoms with Gasteiger partial charge in [0.05, 0.1) is 23.1 Å². The molecule has 1 aromatic rings. The van der Waals surface area contributed by atoms with Crippen LogP contribution in [0.1, 0.15) is 13.3 Å². The van der Waals surface area contributed by atoms with Gasteiger partial charge in [-0.15, -0.1) is 0 Å². The number of hydrogen-bond acceptors (Lipinski definition) is 6. The third-order valence-corrected chi connectivity index (χ3v) is 2.97. The molecule has 0 saturated heterocycles. The number of ether oxygens (including phenoxy) is 2. The summed E-state index contributed by atoms with van der Waals surface area (Å²) in [6, 6.07) is 3.21. The topological polar surface area (TPSA) is 90.7 Å². The first kappa shape index (κ1) is 17.2. The van der Waals surface area contributed by atoms with Crippen LogP contribution in [0.2, 0.25) is 5.02 Å². The lowest BCUT2D eigenvalue weighted by Gasteiger charge is -2.17. The van der Waals surface area contributed by atoms with Crippen LogP contribution in [-0.2, 0) is 9.53 Å². The first-order valence-electron chi connectivity index (χ1n) is 6.37. The molecule has 0 radical (unpaired) electrons. The highest BCUT2D eigenvalue weighted by Gasteiger charge is 2.20. The number of non-ortho nitro benzene ring substituents is 1. The Morgan fingerprint density at radius 3 is 2.81 bits per heavy atom. The Kier molecular flexibility index (Phi) is 6.90. The van der Waals surface area contributed by atoms with Crippen molar-refractivity contribution in [1.82, 2.24) is 5.32 Å². The number of esters is 1. The molecule has 0 aliphatic rings. The predicted octanol–water partition coefficient (Wildman–Crippen LogP) is 2.17. The molecule has 1 rings (SSSR count). The summed E-state index contributed by atoms with van der Waals surface area (Å²) in [7, 11) is 1.28. The zero-order valence-corrected chi connectivity index (χ0v) is 12.6. The molecule has 0 bridgehead atoms. The zero-order valence-electron chi connectivity index (χ0n) is 11.8. The fraction of sp³-hybridized carbons (Fsp3) is 0.462. The standard InChI is InChI=1S/C13H17ClN2O5/c1-3-6-15-11(13(17)20-2)8-21-12-7-9(16(18)19)4-5-10(12)14/h4-5,7,11,15H,3,6,8H2,1-2H3. The van der Waals surface area contributed by atoms with Crippen LogP contribution in [0.15, 0.2) is 18.2 Å². The summed E-state index contributed by atoms with van der Waals surface area (Å²) in [6.45, 7) is 2.54. The molecule has 0 fully saturated rings. The van der Waals surface area contributed by atoms with E-state index in [1.54, 1.807) is 0 Å². The highest BCUT2D eigenvalue weighted by molar-refractivity contribution is 6.32. The quantitative estimate of drug-likeness (QED) is 0.449. The van der Waals surface area contributed by atoms with Crippen molar-refractivity contribution in [1.29, 1.82) is 0 Å². The predicted molar refractivity (Wildman–Crippen MR) is 77.7 cm³/mol. The minimum absolute atomic E-state index is 0.0342. The van der Waals surface area contributed by atoms with E-state index in [-0.39, 0.29) is 23.1 Å². The molecule has 1 unspecified atom stereocenters. The van der Waals surface area contributed by atoms with Crippen molar-refractivity contribution in [2.24, 2.45) is 0 Å². The number of rotatable bonds is 8. The second-order valence-corrected chi connectivity index (χ2v) is 4.62. The van der Waals surface area contributed by atoms with Gasteiger partial charge >= 0.3 is 5.97 Å². The normalized spacial score (nSPS) is 11.8. The number of nitro groups is 1. The lowest BCUT2D eigenvalue weighted by Crippen LogP contribution is -2.42. The summed E-state index contributed by atoms with van der Waals surface area (Å²) in [6.07, 6.45) is 0.838. The SMILES string of the molecule is CCCNC(COc1cc([N+](=O)[O-])ccc1Cl)C(=O)OC. The molecule has 7 nitrogen and oxygen atoms in total. The van der Waals surface area contributed by atoms with Crippen LogP contribution in [0.4, 0.5) is 5.69 Å². The number of methoxy groups -OCH3 is 1. The maximum Gasteiger partial charge on any atom is 0.326 e. The minimum atomic E-state index is -0.662. The van der Waals surface area contributed by atoms with Crippen LogP contribution in [0.5, 0.6) is 5.75 Å². The van der Waals surface area contributed by atoms with Gasteiger partial charge in [0.25, 0.3) is 5.69 Å². The van der Waals surface area contributed by atoms with Gasteiger partial charge in [0.2, 0.25) is 0 Å². The van der Waals surface area contributed by atoms with Crippen molar-refractivity contribution in [2.75, 3.05) is 20.3 Å². The number of carbonyl (C=O) groups is 1. The van der Waals surface area contributed by atoms with E-state index in [0.29, 0.717) is 6.54 Å². The van der Waals surface area contributed by atoms with Gasteiger partial charge in [0.1, 0.15) is 18.4 Å². The van der Waals surface area contributed by atoms with E-state index < -0.39 is 16.9 Å². The Morgan fingerprint density at radius 2 is 2.24 bits per heavy atom. The van der Waals surface area contributed by atoms with Crippen LogP contribution >= 0.6 is 11.6 Å². The number of nitrogens with zero attached hydrogens (tertiary/aromatic N) is 1. The van der Waals surface area contributed by atoms with E-state index in [1.165, 1.54) is 25.3 Å². The molecule has 21 heavy (non-hydrogen) atoms. The second-order valence-electron chi connectivity index (χ2n) is 4.21. The Labute approximate surface area is 127 Å². The van der Waals surface area contributed by atoms with Gasteiger partial charge in [0.15, 0.2) is 0 Å². The third-order valence-electron chi connectivity index (χ3n) is 2.66. The molecular weight excluding hydrogens is 300 g/mol. The monoisotopic (exact) mass is 316 g/mol. The van der Waals surface area contributed by atoms with Gasteiger partial charge in [-0.3, -0.25) is 14.9 Å². The smallest absolute Gasteiger partial charge is 0.326 e. The maximum absolute atomic E-state index is 11.6. The number of nitro benzene ring substituents is 1. The lowest BCUT2D eigenvalue weighted by atomic mass is 10.3. The van der Waals surface area contributed by atoms with E-state index in [2.05, 4.69) is 10.1 Å². The zero-order chi connectivity index (χ0) is 15.8. The Balaban J connectivity index is 2.76. The third kappa shape index (κ3) is 5.20. The van der Waals surface area contributed by atoms with Gasteiger partial charge in [-0.1, -0.05) is 18.5 Å². The molecule has 116 valence electrons. The number of carbonyl (C=O) groups excluding carboxylic acids is 1. The average molecular weight is 317 g/mol. The highest BCUT2D eigenvalue weighted by atomic mass is 35.5. The maximum atomic E-state index is 11.6. The van der Waals surface area contributed by atoms with Crippen LogP contribution < -0.4 is 10.1 Å². The van der Waals surface area contributed by atoms with Gasteiger partial charge < -0.3 is 14.8 Å². The first-order valence-corrected chi connectivity index (χ1v) is 6.75. The van der Waals surface area contributed by atoms with E-state index >= 15 is 0 Å². The van der Waals surface area contributed by atoms with Crippen LogP contribution in [0.25, 0.3) is 0 Å². The van der Waals surface area contributed by atoms with Crippen LogP contribution in [0, 0.1) is 10.1 Å². The van der Waals surface area contributed by atoms with Gasteiger partial charge in [-0.2, -0.15) is 0 Å². The summed E-state index contributed by atoms with van der Waals surface area (Å²) >= 11 is 5.92. The summed E-state index contributed by atoms with van der Waals surface area (Å²) in [5.41, 5.74) is -0.134. The van der Waals surface area contributed by atoms with Crippen molar-refractivity contribution in [2.45, 2.75) is 19.4 Å². The molecule has 0 saturated carbocycles. The molecule has 0 aliphatic heterocycles. The summed E-state index contributed by atoms with van der Waals surface area (Å²) in [5.74, 6) is -0.317. The molecule has 0 spiro atoms. The fourth-order valence-electron chi connectivity index (χ4n) is 1.56. The second kappa shape index (κ2) is 8.43. The molecule has 0 aromatic heterocycles. The summed E-state index contributed by atoms with van der Waals surface area (Å²) in [5, 5.41) is 13.9. The van der Waals surface area contributed by atoms with Crippen molar-refractivity contribution >= 4 is 23.3 Å².